The van der Waals surface area contributed by atoms with Crippen LogP contribution in [0.25, 0.3) is 0 Å². The number of ether oxygens (including phenoxy) is 1. The van der Waals surface area contributed by atoms with Crippen molar-refractivity contribution in [1.29, 1.82) is 0 Å². The lowest BCUT2D eigenvalue weighted by Gasteiger charge is -2.15. The number of aliphatic hydroxyl groups is 3. The number of aliphatic hydroxyl groups excluding tert-OH is 3. The summed E-state index contributed by atoms with van der Waals surface area (Å²) in [7, 11) is 0. The molecule has 0 aliphatic rings. The van der Waals surface area contributed by atoms with Crippen LogP contribution in [0.2, 0.25) is 0 Å². The van der Waals surface area contributed by atoms with Crippen LogP contribution < -0.4 is 0 Å². The zero-order chi connectivity index (χ0) is 19.9. The first-order valence-electron chi connectivity index (χ1n) is 10.0. The van der Waals surface area contributed by atoms with Gasteiger partial charge in [0, 0.05) is 6.42 Å². The highest BCUT2D eigenvalue weighted by Crippen LogP contribution is 2.19. The highest BCUT2D eigenvalue weighted by Gasteiger charge is 2.16. The Hall–Kier alpha value is -0.910. The van der Waals surface area contributed by atoms with Gasteiger partial charge in [-0.05, 0) is 38.0 Å². The number of hydrogen-bond acceptors (Lipinski definition) is 5. The van der Waals surface area contributed by atoms with E-state index in [-0.39, 0.29) is 13.0 Å². The zero-order valence-corrected chi connectivity index (χ0v) is 17.1. The summed E-state index contributed by atoms with van der Waals surface area (Å²) in [6.45, 7) is 8.12. The molecule has 0 aromatic heterocycles. The Morgan fingerprint density at radius 3 is 2.27 bits per heavy atom. The minimum absolute atomic E-state index is 0.255. The Balaban J connectivity index is 3.79. The first-order valence-corrected chi connectivity index (χ1v) is 10.0. The molecule has 5 nitrogen and oxygen atoms in total. The normalized spacial score (nSPS) is 15.8. The maximum Gasteiger partial charge on any atom is 0.306 e. The molecule has 0 aromatic rings. The van der Waals surface area contributed by atoms with Crippen LogP contribution in [0.5, 0.6) is 0 Å². The van der Waals surface area contributed by atoms with E-state index in [0.29, 0.717) is 6.42 Å². The van der Waals surface area contributed by atoms with E-state index >= 15 is 0 Å². The van der Waals surface area contributed by atoms with Crippen molar-refractivity contribution >= 4 is 5.97 Å². The molecule has 0 bridgehead atoms. The number of carbonyl (C=O) groups excluding carboxylic acids is 1. The summed E-state index contributed by atoms with van der Waals surface area (Å²) < 4.78 is 4.89. The maximum absolute atomic E-state index is 11.6. The van der Waals surface area contributed by atoms with Gasteiger partial charge < -0.3 is 20.1 Å². The van der Waals surface area contributed by atoms with Crippen molar-refractivity contribution < 1.29 is 24.9 Å². The molecule has 0 heterocycles. The molecule has 0 rings (SSSR count). The fourth-order valence-corrected chi connectivity index (χ4v) is 2.77. The van der Waals surface area contributed by atoms with Crippen molar-refractivity contribution in [2.45, 2.75) is 91.3 Å². The van der Waals surface area contributed by atoms with Crippen LogP contribution in [0, 0.1) is 11.8 Å². The van der Waals surface area contributed by atoms with Crippen LogP contribution in [0.1, 0.15) is 79.1 Å². The third-order valence-electron chi connectivity index (χ3n) is 4.63. The van der Waals surface area contributed by atoms with Gasteiger partial charge in [-0.3, -0.25) is 4.79 Å². The molecular weight excluding hydrogens is 332 g/mol. The first-order chi connectivity index (χ1) is 12.3. The van der Waals surface area contributed by atoms with Gasteiger partial charge in [-0.1, -0.05) is 58.1 Å². The highest BCUT2D eigenvalue weighted by molar-refractivity contribution is 5.69. The standard InChI is InChI=1S/C21H40O5/c1-16(2)8-5-9-17(3)10-6-11-18(4)12-7-13-21(25)26-15-20(24)19(23)14-22/h12,16-17,19-20,22-24H,5-11,13-15H2,1-4H3/b18-12+. The quantitative estimate of drug-likeness (QED) is 0.302. The van der Waals surface area contributed by atoms with Crippen LogP contribution in [0.3, 0.4) is 0 Å². The Bertz CT molecular complexity index is 392. The lowest BCUT2D eigenvalue weighted by Crippen LogP contribution is -2.34. The number of esters is 1. The van der Waals surface area contributed by atoms with E-state index in [2.05, 4.69) is 33.8 Å². The van der Waals surface area contributed by atoms with Crippen LogP contribution >= 0.6 is 0 Å². The van der Waals surface area contributed by atoms with Crippen molar-refractivity contribution in [1.82, 2.24) is 0 Å². The molecule has 0 spiro atoms. The van der Waals surface area contributed by atoms with E-state index < -0.39 is 24.8 Å². The van der Waals surface area contributed by atoms with Gasteiger partial charge in [0.15, 0.2) is 0 Å². The molecule has 0 saturated heterocycles. The van der Waals surface area contributed by atoms with Crippen LogP contribution in [-0.2, 0) is 9.53 Å². The zero-order valence-electron chi connectivity index (χ0n) is 17.1. The van der Waals surface area contributed by atoms with E-state index in [4.69, 9.17) is 9.84 Å². The molecule has 3 unspecified atom stereocenters. The van der Waals surface area contributed by atoms with E-state index in [0.717, 1.165) is 18.3 Å². The first kappa shape index (κ1) is 25.1. The molecule has 0 aliphatic heterocycles. The molecule has 3 N–H and O–H groups in total. The van der Waals surface area contributed by atoms with Crippen molar-refractivity contribution in [3.8, 4) is 0 Å². The van der Waals surface area contributed by atoms with E-state index in [1.165, 1.54) is 37.7 Å². The lowest BCUT2D eigenvalue weighted by molar-refractivity contribution is -0.149. The van der Waals surface area contributed by atoms with E-state index in [1.807, 2.05) is 0 Å². The van der Waals surface area contributed by atoms with Gasteiger partial charge in [-0.15, -0.1) is 0 Å². The summed E-state index contributed by atoms with van der Waals surface area (Å²) in [4.78, 5) is 11.6. The summed E-state index contributed by atoms with van der Waals surface area (Å²) >= 11 is 0. The van der Waals surface area contributed by atoms with Crippen molar-refractivity contribution in [3.05, 3.63) is 11.6 Å². The fourth-order valence-electron chi connectivity index (χ4n) is 2.77. The molecule has 0 saturated carbocycles. The summed E-state index contributed by atoms with van der Waals surface area (Å²) in [5, 5.41) is 27.3. The van der Waals surface area contributed by atoms with Gasteiger partial charge in [0.05, 0.1) is 6.61 Å². The number of allylic oxidation sites excluding steroid dienone is 2. The average molecular weight is 373 g/mol. The molecule has 0 aliphatic carbocycles. The Kier molecular flexibility index (Phi) is 14.6. The Morgan fingerprint density at radius 2 is 1.65 bits per heavy atom. The van der Waals surface area contributed by atoms with Crippen molar-refractivity contribution in [2.75, 3.05) is 13.2 Å². The van der Waals surface area contributed by atoms with Crippen LogP contribution in [-0.4, -0.2) is 46.7 Å². The van der Waals surface area contributed by atoms with Crippen LogP contribution in [0.4, 0.5) is 0 Å². The van der Waals surface area contributed by atoms with Gasteiger partial charge >= 0.3 is 5.97 Å². The molecule has 154 valence electrons. The molecule has 26 heavy (non-hydrogen) atoms. The highest BCUT2D eigenvalue weighted by atomic mass is 16.5. The topological polar surface area (TPSA) is 87.0 Å². The SMILES string of the molecule is C/C(=C\CCC(=O)OCC(O)C(O)CO)CCCC(C)CCCC(C)C. The van der Waals surface area contributed by atoms with Crippen LogP contribution in [0.15, 0.2) is 11.6 Å². The molecule has 5 heteroatoms. The van der Waals surface area contributed by atoms with E-state index in [9.17, 15) is 15.0 Å². The predicted octanol–water partition coefficient (Wildman–Crippen LogP) is 3.60. The monoisotopic (exact) mass is 372 g/mol. The third kappa shape index (κ3) is 14.3. The largest absolute Gasteiger partial charge is 0.463 e. The fraction of sp³-hybridized carbons (Fsp3) is 0.857. The average Bonchev–Trinajstić information content (AvgIpc) is 2.58. The maximum atomic E-state index is 11.6. The summed E-state index contributed by atoms with van der Waals surface area (Å²) in [6.07, 6.45) is 7.85. The molecule has 0 amide bonds. The molecule has 0 aromatic carbocycles. The van der Waals surface area contributed by atoms with Gasteiger partial charge in [0.2, 0.25) is 0 Å². The second-order valence-corrected chi connectivity index (χ2v) is 7.91. The number of hydrogen-bond donors (Lipinski definition) is 3. The molecule has 3 atom stereocenters. The molecule has 0 fully saturated rings. The third-order valence-corrected chi connectivity index (χ3v) is 4.63. The lowest BCUT2D eigenvalue weighted by atomic mass is 9.94. The number of rotatable bonds is 15. The van der Waals surface area contributed by atoms with E-state index in [1.54, 1.807) is 0 Å². The minimum Gasteiger partial charge on any atom is -0.463 e. The minimum atomic E-state index is -1.28. The molecule has 0 radical (unpaired) electrons. The van der Waals surface area contributed by atoms with Gasteiger partial charge in [-0.2, -0.15) is 0 Å². The Labute approximate surface area is 159 Å². The summed E-state index contributed by atoms with van der Waals surface area (Å²) in [5.74, 6) is 1.16. The molecular formula is C21H40O5. The summed E-state index contributed by atoms with van der Waals surface area (Å²) in [6, 6.07) is 0. The second-order valence-electron chi connectivity index (χ2n) is 7.91. The van der Waals surface area contributed by atoms with Crippen molar-refractivity contribution in [2.24, 2.45) is 11.8 Å². The van der Waals surface area contributed by atoms with Gasteiger partial charge in [0.25, 0.3) is 0 Å². The predicted molar refractivity (Wildman–Crippen MR) is 105 cm³/mol. The second kappa shape index (κ2) is 15.2. The van der Waals surface area contributed by atoms with Gasteiger partial charge in [-0.25, -0.2) is 0 Å². The Morgan fingerprint density at radius 1 is 1.00 bits per heavy atom. The summed E-state index contributed by atoms with van der Waals surface area (Å²) in [5.41, 5.74) is 1.29. The van der Waals surface area contributed by atoms with Crippen molar-refractivity contribution in [3.63, 3.8) is 0 Å². The number of carbonyl (C=O) groups is 1. The van der Waals surface area contributed by atoms with Gasteiger partial charge in [0.1, 0.15) is 18.8 Å². The smallest absolute Gasteiger partial charge is 0.306 e.